The number of hydrogen-bond acceptors (Lipinski definition) is 4. The Kier molecular flexibility index (Phi) is 5.05. The van der Waals surface area contributed by atoms with Crippen LogP contribution in [0.5, 0.6) is 0 Å². The van der Waals surface area contributed by atoms with Gasteiger partial charge >= 0.3 is 0 Å². The Morgan fingerprint density at radius 1 is 1.33 bits per heavy atom. The Bertz CT molecular complexity index is 810. The zero-order chi connectivity index (χ0) is 16.9. The van der Waals surface area contributed by atoms with Crippen molar-refractivity contribution in [3.05, 3.63) is 69.7 Å². The van der Waals surface area contributed by atoms with Crippen molar-refractivity contribution in [1.82, 2.24) is 20.3 Å². The van der Waals surface area contributed by atoms with Crippen LogP contribution < -0.4 is 5.32 Å². The molecule has 0 aliphatic carbocycles. The fraction of sp³-hybridized carbons (Fsp3) is 0.278. The Morgan fingerprint density at radius 2 is 2.17 bits per heavy atom. The van der Waals surface area contributed by atoms with Gasteiger partial charge in [-0.15, -0.1) is 5.10 Å². The second-order valence-electron chi connectivity index (χ2n) is 5.94. The molecule has 1 atom stereocenters. The highest BCUT2D eigenvalue weighted by molar-refractivity contribution is 7.07. The first kappa shape index (κ1) is 16.4. The molecule has 1 aromatic carbocycles. The van der Waals surface area contributed by atoms with E-state index in [9.17, 15) is 4.79 Å². The van der Waals surface area contributed by atoms with Crippen LogP contribution in [0.25, 0.3) is 0 Å². The van der Waals surface area contributed by atoms with Crippen molar-refractivity contribution in [3.8, 4) is 0 Å². The van der Waals surface area contributed by atoms with Crippen LogP contribution in [-0.4, -0.2) is 26.9 Å². The van der Waals surface area contributed by atoms with Gasteiger partial charge < -0.3 is 5.32 Å². The van der Waals surface area contributed by atoms with Gasteiger partial charge in [-0.3, -0.25) is 4.79 Å². The summed E-state index contributed by atoms with van der Waals surface area (Å²) in [6.07, 6.45) is 2.51. The van der Waals surface area contributed by atoms with Crippen LogP contribution in [0, 0.1) is 6.92 Å². The Balaban J connectivity index is 1.60. The van der Waals surface area contributed by atoms with Crippen molar-refractivity contribution in [2.24, 2.45) is 0 Å². The van der Waals surface area contributed by atoms with E-state index < -0.39 is 0 Å². The van der Waals surface area contributed by atoms with Gasteiger partial charge in [0.05, 0.1) is 12.7 Å². The summed E-state index contributed by atoms with van der Waals surface area (Å²) in [5.41, 5.74) is 3.94. The van der Waals surface area contributed by atoms with Crippen LogP contribution in [0.2, 0.25) is 0 Å². The summed E-state index contributed by atoms with van der Waals surface area (Å²) in [6, 6.07) is 10.2. The average Bonchev–Trinajstić information content (AvgIpc) is 3.21. The van der Waals surface area contributed by atoms with E-state index in [-0.39, 0.29) is 11.9 Å². The third kappa shape index (κ3) is 4.08. The molecule has 124 valence electrons. The van der Waals surface area contributed by atoms with Crippen molar-refractivity contribution in [1.29, 1.82) is 0 Å². The van der Waals surface area contributed by atoms with Gasteiger partial charge in [0.25, 0.3) is 5.91 Å². The molecular formula is C18H20N4OS. The van der Waals surface area contributed by atoms with Crippen molar-refractivity contribution >= 4 is 17.2 Å². The van der Waals surface area contributed by atoms with E-state index in [2.05, 4.69) is 46.1 Å². The fourth-order valence-corrected chi connectivity index (χ4v) is 3.23. The van der Waals surface area contributed by atoms with Crippen molar-refractivity contribution in [3.63, 3.8) is 0 Å². The first-order valence-corrected chi connectivity index (χ1v) is 8.82. The summed E-state index contributed by atoms with van der Waals surface area (Å²) < 4.78 is 1.70. The molecule has 5 nitrogen and oxygen atoms in total. The van der Waals surface area contributed by atoms with Gasteiger partial charge in [-0.2, -0.15) is 11.3 Å². The van der Waals surface area contributed by atoms with Crippen LogP contribution in [-0.2, 0) is 13.0 Å². The van der Waals surface area contributed by atoms with E-state index in [4.69, 9.17) is 0 Å². The molecule has 0 spiro atoms. The molecule has 0 radical (unpaired) electrons. The monoisotopic (exact) mass is 340 g/mol. The normalized spacial score (nSPS) is 12.1. The predicted octanol–water partition coefficient (Wildman–Crippen LogP) is 3.06. The summed E-state index contributed by atoms with van der Waals surface area (Å²) in [4.78, 5) is 12.3. The quantitative estimate of drug-likeness (QED) is 0.750. The van der Waals surface area contributed by atoms with Gasteiger partial charge in [0.1, 0.15) is 0 Å². The number of nitrogens with one attached hydrogen (secondary N) is 1. The van der Waals surface area contributed by atoms with Gasteiger partial charge in [0, 0.05) is 6.04 Å². The van der Waals surface area contributed by atoms with E-state index in [0.717, 1.165) is 6.42 Å². The molecular weight excluding hydrogens is 320 g/mol. The highest BCUT2D eigenvalue weighted by atomic mass is 32.1. The molecule has 0 unspecified atom stereocenters. The topological polar surface area (TPSA) is 59.8 Å². The molecule has 24 heavy (non-hydrogen) atoms. The number of thiophene rings is 1. The molecule has 1 N–H and O–H groups in total. The van der Waals surface area contributed by atoms with Crippen LogP contribution in [0.3, 0.4) is 0 Å². The largest absolute Gasteiger partial charge is 0.348 e. The standard InChI is InChI=1S/C18H20N4OS/c1-13-5-3-4-6-16(13)10-22-11-17(20-21-22)18(23)19-14(2)9-15-7-8-24-12-15/h3-8,11-12,14H,9-10H2,1-2H3,(H,19,23)/t14-/m1/s1. The third-order valence-corrected chi connectivity index (χ3v) is 4.60. The minimum Gasteiger partial charge on any atom is -0.348 e. The molecule has 6 heteroatoms. The maximum atomic E-state index is 12.3. The molecule has 0 saturated carbocycles. The first-order chi connectivity index (χ1) is 11.6. The van der Waals surface area contributed by atoms with Gasteiger partial charge in [0.2, 0.25) is 0 Å². The first-order valence-electron chi connectivity index (χ1n) is 7.88. The minimum absolute atomic E-state index is 0.0496. The summed E-state index contributed by atoms with van der Waals surface area (Å²) in [7, 11) is 0. The van der Waals surface area contributed by atoms with Crippen LogP contribution in [0.15, 0.2) is 47.3 Å². The maximum absolute atomic E-state index is 12.3. The molecule has 3 rings (SSSR count). The number of aryl methyl sites for hydroxylation is 1. The van der Waals surface area contributed by atoms with E-state index >= 15 is 0 Å². The minimum atomic E-state index is -0.186. The smallest absolute Gasteiger partial charge is 0.273 e. The summed E-state index contributed by atoms with van der Waals surface area (Å²) in [5, 5.41) is 15.2. The molecule has 0 aliphatic rings. The zero-order valence-corrected chi connectivity index (χ0v) is 14.6. The van der Waals surface area contributed by atoms with Crippen molar-refractivity contribution in [2.75, 3.05) is 0 Å². The highest BCUT2D eigenvalue weighted by Crippen LogP contribution is 2.10. The van der Waals surface area contributed by atoms with Gasteiger partial charge in [-0.05, 0) is 53.8 Å². The van der Waals surface area contributed by atoms with Crippen LogP contribution in [0.4, 0.5) is 0 Å². The SMILES string of the molecule is Cc1ccccc1Cn1cc(C(=O)N[C@H](C)Cc2ccsc2)nn1. The lowest BCUT2D eigenvalue weighted by atomic mass is 10.1. The zero-order valence-electron chi connectivity index (χ0n) is 13.8. The van der Waals surface area contributed by atoms with Gasteiger partial charge in [-0.25, -0.2) is 4.68 Å². The Hall–Kier alpha value is -2.47. The highest BCUT2D eigenvalue weighted by Gasteiger charge is 2.14. The van der Waals surface area contributed by atoms with Crippen molar-refractivity contribution < 1.29 is 4.79 Å². The van der Waals surface area contributed by atoms with E-state index in [1.165, 1.54) is 16.7 Å². The Labute approximate surface area is 145 Å². The van der Waals surface area contributed by atoms with Gasteiger partial charge in [0.15, 0.2) is 5.69 Å². The van der Waals surface area contributed by atoms with Crippen LogP contribution >= 0.6 is 11.3 Å². The molecule has 0 fully saturated rings. The molecule has 0 bridgehead atoms. The van der Waals surface area contributed by atoms with Crippen molar-refractivity contribution in [2.45, 2.75) is 32.9 Å². The summed E-state index contributed by atoms with van der Waals surface area (Å²) >= 11 is 1.66. The molecule has 2 heterocycles. The lowest BCUT2D eigenvalue weighted by molar-refractivity contribution is 0.0935. The number of carbonyl (C=O) groups excluding carboxylic acids is 1. The number of carbonyl (C=O) groups is 1. The predicted molar refractivity (Wildman–Crippen MR) is 95.3 cm³/mol. The van der Waals surface area contributed by atoms with Crippen LogP contribution in [0.1, 0.15) is 34.1 Å². The summed E-state index contributed by atoms with van der Waals surface area (Å²) in [5.74, 6) is -0.186. The number of rotatable bonds is 6. The molecule has 0 saturated heterocycles. The number of nitrogens with zero attached hydrogens (tertiary/aromatic N) is 3. The lowest BCUT2D eigenvalue weighted by Gasteiger charge is -2.11. The second-order valence-corrected chi connectivity index (χ2v) is 6.72. The number of hydrogen-bond donors (Lipinski definition) is 1. The average molecular weight is 340 g/mol. The number of amides is 1. The molecule has 1 amide bonds. The summed E-state index contributed by atoms with van der Waals surface area (Å²) in [6.45, 7) is 4.66. The van der Waals surface area contributed by atoms with E-state index in [1.807, 2.05) is 24.4 Å². The number of benzene rings is 1. The molecule has 2 aromatic heterocycles. The van der Waals surface area contributed by atoms with Gasteiger partial charge in [-0.1, -0.05) is 29.5 Å². The third-order valence-electron chi connectivity index (χ3n) is 3.86. The molecule has 3 aromatic rings. The Morgan fingerprint density at radius 3 is 2.92 bits per heavy atom. The lowest BCUT2D eigenvalue weighted by Crippen LogP contribution is -2.34. The molecule has 0 aliphatic heterocycles. The number of aromatic nitrogens is 3. The maximum Gasteiger partial charge on any atom is 0.273 e. The fourth-order valence-electron chi connectivity index (χ4n) is 2.55. The second kappa shape index (κ2) is 7.40. The van der Waals surface area contributed by atoms with E-state index in [0.29, 0.717) is 12.2 Å². The van der Waals surface area contributed by atoms with E-state index in [1.54, 1.807) is 22.2 Å².